The van der Waals surface area contributed by atoms with Crippen molar-refractivity contribution in [2.75, 3.05) is 6.61 Å². The molecule has 4 heteroatoms. The van der Waals surface area contributed by atoms with Crippen LogP contribution in [0.25, 0.3) is 16.9 Å². The predicted molar refractivity (Wildman–Crippen MR) is 112 cm³/mol. The van der Waals surface area contributed by atoms with Gasteiger partial charge in [0, 0.05) is 23.0 Å². The van der Waals surface area contributed by atoms with E-state index in [4.69, 9.17) is 4.74 Å². The zero-order chi connectivity index (χ0) is 19.3. The quantitative estimate of drug-likeness (QED) is 0.487. The third-order valence-electron chi connectivity index (χ3n) is 4.53. The van der Waals surface area contributed by atoms with Gasteiger partial charge in [0.1, 0.15) is 17.6 Å². The minimum Gasteiger partial charge on any atom is -0.494 e. The number of benzene rings is 2. The molecule has 0 N–H and O–H groups in total. The lowest BCUT2D eigenvalue weighted by Gasteiger charge is -2.06. The Kier molecular flexibility index (Phi) is 5.07. The number of rotatable bonds is 4. The normalized spacial score (nSPS) is 10.5. The molecule has 4 nitrogen and oxygen atoms in total. The molecule has 2 aromatic carbocycles. The summed E-state index contributed by atoms with van der Waals surface area (Å²) in [5.74, 6) is 7.23. The summed E-state index contributed by atoms with van der Waals surface area (Å²) in [6.45, 7) is 4.78. The largest absolute Gasteiger partial charge is 0.494 e. The first-order chi connectivity index (χ1) is 13.8. The summed E-state index contributed by atoms with van der Waals surface area (Å²) in [5.41, 5.74) is 5.78. The molecule has 0 bridgehead atoms. The Labute approximate surface area is 164 Å². The van der Waals surface area contributed by atoms with E-state index in [0.717, 1.165) is 40.1 Å². The predicted octanol–water partition coefficient (Wildman–Crippen LogP) is 4.78. The Balaban J connectivity index is 1.60. The van der Waals surface area contributed by atoms with Crippen molar-refractivity contribution in [3.05, 3.63) is 83.8 Å². The molecule has 0 aliphatic carbocycles. The van der Waals surface area contributed by atoms with E-state index in [1.807, 2.05) is 41.8 Å². The first-order valence-corrected chi connectivity index (χ1v) is 9.44. The molecule has 0 saturated carbocycles. The van der Waals surface area contributed by atoms with Crippen LogP contribution in [0.1, 0.15) is 30.5 Å². The number of hydrogen-bond acceptors (Lipinski definition) is 3. The maximum Gasteiger partial charge on any atom is 0.164 e. The van der Waals surface area contributed by atoms with Gasteiger partial charge >= 0.3 is 0 Å². The third kappa shape index (κ3) is 3.74. The topological polar surface area (TPSA) is 39.9 Å². The van der Waals surface area contributed by atoms with E-state index >= 15 is 0 Å². The van der Waals surface area contributed by atoms with Gasteiger partial charge in [-0.15, -0.1) is 0 Å². The van der Waals surface area contributed by atoms with E-state index in [1.165, 1.54) is 5.56 Å². The van der Waals surface area contributed by atoms with Gasteiger partial charge in [-0.1, -0.05) is 30.9 Å². The molecule has 0 fully saturated rings. The zero-order valence-corrected chi connectivity index (χ0v) is 16.0. The first kappa shape index (κ1) is 17.8. The van der Waals surface area contributed by atoms with Crippen LogP contribution < -0.4 is 4.74 Å². The molecule has 0 atom stereocenters. The molecule has 0 aliphatic rings. The van der Waals surface area contributed by atoms with Crippen LogP contribution in [-0.2, 0) is 6.42 Å². The van der Waals surface area contributed by atoms with Crippen molar-refractivity contribution in [1.82, 2.24) is 14.5 Å². The summed E-state index contributed by atoms with van der Waals surface area (Å²) in [5, 5.41) is 0. The molecule has 0 amide bonds. The number of hydrogen-bond donors (Lipinski definition) is 0. The molecule has 4 rings (SSSR count). The fraction of sp³-hybridized carbons (Fsp3) is 0.167. The Morgan fingerprint density at radius 3 is 2.36 bits per heavy atom. The van der Waals surface area contributed by atoms with E-state index < -0.39 is 0 Å². The molecule has 138 valence electrons. The van der Waals surface area contributed by atoms with Crippen LogP contribution in [0, 0.1) is 11.8 Å². The molecule has 0 saturated heterocycles. The number of nitrogens with zero attached hydrogens (tertiary/aromatic N) is 3. The fourth-order valence-electron chi connectivity index (χ4n) is 3.00. The summed E-state index contributed by atoms with van der Waals surface area (Å²) >= 11 is 0. The Bertz CT molecular complexity index is 1150. The molecule has 0 unspecified atom stereocenters. The minimum atomic E-state index is 0.654. The Morgan fingerprint density at radius 1 is 0.893 bits per heavy atom. The monoisotopic (exact) mass is 367 g/mol. The smallest absolute Gasteiger partial charge is 0.164 e. The number of aryl methyl sites for hydroxylation is 1. The first-order valence-electron chi connectivity index (χ1n) is 9.44. The summed E-state index contributed by atoms with van der Waals surface area (Å²) in [6, 6.07) is 18.2. The SMILES string of the molecule is CCOc1ccc(-n2cnc3cc(C#Cc4ccc(CC)cc4)cnc32)cc1. The number of pyridine rings is 1. The highest BCUT2D eigenvalue weighted by atomic mass is 16.5. The maximum atomic E-state index is 5.50. The van der Waals surface area contributed by atoms with Gasteiger partial charge in [-0.05, 0) is 61.4 Å². The van der Waals surface area contributed by atoms with Crippen molar-refractivity contribution < 1.29 is 4.74 Å². The minimum absolute atomic E-state index is 0.654. The van der Waals surface area contributed by atoms with Crippen molar-refractivity contribution in [3.8, 4) is 23.3 Å². The molecule has 4 aromatic rings. The van der Waals surface area contributed by atoms with Crippen LogP contribution in [0.5, 0.6) is 5.75 Å². The lowest BCUT2D eigenvalue weighted by atomic mass is 10.1. The molecule has 2 heterocycles. The summed E-state index contributed by atoms with van der Waals surface area (Å²) < 4.78 is 7.47. The molecule has 0 aliphatic heterocycles. The van der Waals surface area contributed by atoms with Gasteiger partial charge in [0.15, 0.2) is 5.65 Å². The lowest BCUT2D eigenvalue weighted by molar-refractivity contribution is 0.340. The molecule has 0 radical (unpaired) electrons. The van der Waals surface area contributed by atoms with Crippen LogP contribution >= 0.6 is 0 Å². The highest BCUT2D eigenvalue weighted by molar-refractivity contribution is 5.74. The summed E-state index contributed by atoms with van der Waals surface area (Å²) in [6.07, 6.45) is 4.61. The van der Waals surface area contributed by atoms with Crippen molar-refractivity contribution in [3.63, 3.8) is 0 Å². The van der Waals surface area contributed by atoms with Gasteiger partial charge in [-0.2, -0.15) is 0 Å². The van der Waals surface area contributed by atoms with Crippen LogP contribution in [0.3, 0.4) is 0 Å². The third-order valence-corrected chi connectivity index (χ3v) is 4.53. The Hall–Kier alpha value is -3.58. The van der Waals surface area contributed by atoms with E-state index in [1.54, 1.807) is 12.5 Å². The van der Waals surface area contributed by atoms with Gasteiger partial charge in [-0.3, -0.25) is 4.57 Å². The molecular weight excluding hydrogens is 346 g/mol. The van der Waals surface area contributed by atoms with E-state index in [-0.39, 0.29) is 0 Å². The zero-order valence-electron chi connectivity index (χ0n) is 16.0. The number of imidazole rings is 1. The maximum absolute atomic E-state index is 5.50. The van der Waals surface area contributed by atoms with Gasteiger partial charge in [-0.25, -0.2) is 9.97 Å². The van der Waals surface area contributed by atoms with Crippen molar-refractivity contribution in [1.29, 1.82) is 0 Å². The lowest BCUT2D eigenvalue weighted by Crippen LogP contribution is -1.95. The van der Waals surface area contributed by atoms with E-state index in [9.17, 15) is 0 Å². The van der Waals surface area contributed by atoms with Crippen molar-refractivity contribution in [2.24, 2.45) is 0 Å². The summed E-state index contributed by atoms with van der Waals surface area (Å²) in [4.78, 5) is 9.08. The van der Waals surface area contributed by atoms with Gasteiger partial charge in [0.05, 0.1) is 6.61 Å². The Morgan fingerprint density at radius 2 is 1.64 bits per heavy atom. The fourth-order valence-corrected chi connectivity index (χ4v) is 3.00. The van der Waals surface area contributed by atoms with Gasteiger partial charge in [0.2, 0.25) is 0 Å². The highest BCUT2D eigenvalue weighted by Crippen LogP contribution is 2.20. The average Bonchev–Trinajstić information content (AvgIpc) is 3.17. The van der Waals surface area contributed by atoms with Crippen molar-refractivity contribution in [2.45, 2.75) is 20.3 Å². The van der Waals surface area contributed by atoms with E-state index in [2.05, 4.69) is 53.0 Å². The standard InChI is InChI=1S/C24H21N3O/c1-3-18-5-7-19(8-6-18)9-10-20-15-23-24(25-16-20)27(17-26-23)21-11-13-22(14-12-21)28-4-2/h5-8,11-17H,3-4H2,1-2H3. The van der Waals surface area contributed by atoms with Crippen LogP contribution in [0.4, 0.5) is 0 Å². The second kappa shape index (κ2) is 7.98. The summed E-state index contributed by atoms with van der Waals surface area (Å²) in [7, 11) is 0. The number of fused-ring (bicyclic) bond motifs is 1. The molecule has 2 aromatic heterocycles. The van der Waals surface area contributed by atoms with Gasteiger partial charge in [0.25, 0.3) is 0 Å². The molecule has 28 heavy (non-hydrogen) atoms. The van der Waals surface area contributed by atoms with Crippen LogP contribution in [0.2, 0.25) is 0 Å². The average molecular weight is 367 g/mol. The molecular formula is C24H21N3O. The number of ether oxygens (including phenoxy) is 1. The molecule has 0 spiro atoms. The van der Waals surface area contributed by atoms with Crippen LogP contribution in [0.15, 0.2) is 67.1 Å². The van der Waals surface area contributed by atoms with Crippen LogP contribution in [-0.4, -0.2) is 21.1 Å². The number of aromatic nitrogens is 3. The van der Waals surface area contributed by atoms with Crippen molar-refractivity contribution >= 4 is 11.2 Å². The second-order valence-corrected chi connectivity index (χ2v) is 6.41. The van der Waals surface area contributed by atoms with Gasteiger partial charge < -0.3 is 4.74 Å². The second-order valence-electron chi connectivity index (χ2n) is 6.41. The highest BCUT2D eigenvalue weighted by Gasteiger charge is 2.07. The van der Waals surface area contributed by atoms with E-state index in [0.29, 0.717) is 6.61 Å².